The third-order valence-corrected chi connectivity index (χ3v) is 3.73. The van der Waals surface area contributed by atoms with Gasteiger partial charge >= 0.3 is 5.97 Å². The van der Waals surface area contributed by atoms with Crippen molar-refractivity contribution >= 4 is 5.97 Å². The summed E-state index contributed by atoms with van der Waals surface area (Å²) < 4.78 is 4.66. The molecule has 1 saturated heterocycles. The molecule has 1 aliphatic heterocycles. The Balaban J connectivity index is 1.88. The standard InChI is InChI=1S/C15H23N3O3/c1-21-15(20)13-3-4-14(16-11-13)12-18-6-2-5-17(7-8-18)9-10-19/h3-4,11,19H,2,5-10,12H2,1H3. The summed E-state index contributed by atoms with van der Waals surface area (Å²) in [5, 5.41) is 9.00. The fourth-order valence-corrected chi connectivity index (χ4v) is 2.53. The quantitative estimate of drug-likeness (QED) is 0.791. The van der Waals surface area contributed by atoms with Crippen molar-refractivity contribution in [3.05, 3.63) is 29.6 Å². The summed E-state index contributed by atoms with van der Waals surface area (Å²) in [6.07, 6.45) is 2.66. The van der Waals surface area contributed by atoms with E-state index in [1.54, 1.807) is 12.3 Å². The number of aromatic nitrogens is 1. The first kappa shape index (κ1) is 15.9. The van der Waals surface area contributed by atoms with Crippen molar-refractivity contribution in [1.82, 2.24) is 14.8 Å². The molecular weight excluding hydrogens is 270 g/mol. The first-order chi connectivity index (χ1) is 10.2. The second-order valence-electron chi connectivity index (χ2n) is 5.22. The zero-order valence-corrected chi connectivity index (χ0v) is 12.5. The van der Waals surface area contributed by atoms with E-state index < -0.39 is 0 Å². The summed E-state index contributed by atoms with van der Waals surface area (Å²) in [6.45, 7) is 5.76. The number of hydrogen-bond acceptors (Lipinski definition) is 6. The third-order valence-electron chi connectivity index (χ3n) is 3.73. The van der Waals surface area contributed by atoms with E-state index in [4.69, 9.17) is 5.11 Å². The summed E-state index contributed by atoms with van der Waals surface area (Å²) in [7, 11) is 1.37. The summed E-state index contributed by atoms with van der Waals surface area (Å²) in [4.78, 5) is 20.3. The number of esters is 1. The number of hydrogen-bond donors (Lipinski definition) is 1. The number of nitrogens with zero attached hydrogens (tertiary/aromatic N) is 3. The van der Waals surface area contributed by atoms with Crippen LogP contribution < -0.4 is 0 Å². The van der Waals surface area contributed by atoms with Gasteiger partial charge in [0.1, 0.15) is 0 Å². The van der Waals surface area contributed by atoms with E-state index in [9.17, 15) is 4.79 Å². The first-order valence-corrected chi connectivity index (χ1v) is 7.31. The van der Waals surface area contributed by atoms with Gasteiger partial charge in [0.25, 0.3) is 0 Å². The van der Waals surface area contributed by atoms with Gasteiger partial charge in [-0.1, -0.05) is 0 Å². The SMILES string of the molecule is COC(=O)c1ccc(CN2CCCN(CCO)CC2)nc1. The van der Waals surface area contributed by atoms with Crippen LogP contribution in [0.4, 0.5) is 0 Å². The molecule has 0 radical (unpaired) electrons. The van der Waals surface area contributed by atoms with Gasteiger partial charge in [0, 0.05) is 32.4 Å². The molecule has 1 fully saturated rings. The maximum Gasteiger partial charge on any atom is 0.339 e. The molecule has 0 atom stereocenters. The highest BCUT2D eigenvalue weighted by molar-refractivity contribution is 5.88. The normalized spacial score (nSPS) is 17.4. The monoisotopic (exact) mass is 293 g/mol. The molecule has 1 aliphatic rings. The van der Waals surface area contributed by atoms with Crippen LogP contribution in [0.1, 0.15) is 22.5 Å². The van der Waals surface area contributed by atoms with Crippen LogP contribution in [0, 0.1) is 0 Å². The van der Waals surface area contributed by atoms with Gasteiger partial charge < -0.3 is 9.84 Å². The molecule has 0 spiro atoms. The molecule has 0 saturated carbocycles. The third kappa shape index (κ3) is 4.77. The lowest BCUT2D eigenvalue weighted by Gasteiger charge is -2.20. The van der Waals surface area contributed by atoms with Gasteiger partial charge in [0.2, 0.25) is 0 Å². The largest absolute Gasteiger partial charge is 0.465 e. The Morgan fingerprint density at radius 1 is 1.29 bits per heavy atom. The van der Waals surface area contributed by atoms with Crippen molar-refractivity contribution in [3.8, 4) is 0 Å². The predicted octanol–water partition coefficient (Wildman–Crippen LogP) is 0.368. The second kappa shape index (κ2) is 8.07. The smallest absolute Gasteiger partial charge is 0.339 e. The average Bonchev–Trinajstić information content (AvgIpc) is 2.73. The lowest BCUT2D eigenvalue weighted by Crippen LogP contribution is -2.32. The van der Waals surface area contributed by atoms with Crippen LogP contribution in [-0.2, 0) is 11.3 Å². The number of β-amino-alcohol motifs (C(OH)–C–C–N with tert-alkyl or cyclic N) is 1. The molecular formula is C15H23N3O3. The van der Waals surface area contributed by atoms with Gasteiger partial charge in [0.15, 0.2) is 0 Å². The lowest BCUT2D eigenvalue weighted by molar-refractivity contribution is 0.0600. The molecule has 1 aromatic heterocycles. The average molecular weight is 293 g/mol. The van der Waals surface area contributed by atoms with E-state index in [1.807, 2.05) is 6.07 Å². The number of ether oxygens (including phenoxy) is 1. The molecule has 2 heterocycles. The zero-order valence-electron chi connectivity index (χ0n) is 12.5. The number of carbonyl (C=O) groups excluding carboxylic acids is 1. The molecule has 21 heavy (non-hydrogen) atoms. The zero-order chi connectivity index (χ0) is 15.1. The molecule has 0 aliphatic carbocycles. The predicted molar refractivity (Wildman–Crippen MR) is 79.0 cm³/mol. The van der Waals surface area contributed by atoms with Crippen LogP contribution in [0.15, 0.2) is 18.3 Å². The van der Waals surface area contributed by atoms with Gasteiger partial charge in [-0.15, -0.1) is 0 Å². The Kier molecular flexibility index (Phi) is 6.10. The number of aliphatic hydroxyl groups is 1. The maximum absolute atomic E-state index is 11.4. The molecule has 116 valence electrons. The number of methoxy groups -OCH3 is 1. The van der Waals surface area contributed by atoms with Crippen LogP contribution in [0.5, 0.6) is 0 Å². The van der Waals surface area contributed by atoms with E-state index in [2.05, 4.69) is 19.5 Å². The molecule has 6 nitrogen and oxygen atoms in total. The fraction of sp³-hybridized carbons (Fsp3) is 0.600. The molecule has 1 aromatic rings. The molecule has 0 bridgehead atoms. The molecule has 2 rings (SSSR count). The van der Waals surface area contributed by atoms with E-state index in [-0.39, 0.29) is 12.6 Å². The molecule has 6 heteroatoms. The summed E-state index contributed by atoms with van der Waals surface area (Å²) in [6, 6.07) is 3.63. The Morgan fingerprint density at radius 3 is 2.71 bits per heavy atom. The summed E-state index contributed by atoms with van der Waals surface area (Å²) in [5.74, 6) is -0.358. The van der Waals surface area contributed by atoms with Crippen LogP contribution in [0.25, 0.3) is 0 Å². The van der Waals surface area contributed by atoms with Gasteiger partial charge in [-0.2, -0.15) is 0 Å². The van der Waals surface area contributed by atoms with Crippen LogP contribution in [0.2, 0.25) is 0 Å². The Labute approximate surface area is 125 Å². The van der Waals surface area contributed by atoms with Crippen molar-refractivity contribution in [2.24, 2.45) is 0 Å². The van der Waals surface area contributed by atoms with Crippen molar-refractivity contribution < 1.29 is 14.6 Å². The van der Waals surface area contributed by atoms with Gasteiger partial charge in [0.05, 0.1) is 25.0 Å². The van der Waals surface area contributed by atoms with Gasteiger partial charge in [-0.25, -0.2) is 4.79 Å². The van der Waals surface area contributed by atoms with E-state index in [1.165, 1.54) is 7.11 Å². The Hall–Kier alpha value is -1.50. The van der Waals surface area contributed by atoms with E-state index >= 15 is 0 Å². The van der Waals surface area contributed by atoms with E-state index in [0.717, 1.165) is 51.4 Å². The van der Waals surface area contributed by atoms with Crippen LogP contribution in [-0.4, -0.2) is 72.3 Å². The topological polar surface area (TPSA) is 65.9 Å². The highest BCUT2D eigenvalue weighted by Crippen LogP contribution is 2.08. The van der Waals surface area contributed by atoms with Crippen LogP contribution in [0.3, 0.4) is 0 Å². The minimum absolute atomic E-state index is 0.219. The number of pyridine rings is 1. The first-order valence-electron chi connectivity index (χ1n) is 7.31. The van der Waals surface area contributed by atoms with Crippen molar-refractivity contribution in [2.75, 3.05) is 46.4 Å². The summed E-state index contributed by atoms with van der Waals surface area (Å²) in [5.41, 5.74) is 1.43. The maximum atomic E-state index is 11.4. The summed E-state index contributed by atoms with van der Waals surface area (Å²) >= 11 is 0. The lowest BCUT2D eigenvalue weighted by atomic mass is 10.2. The van der Waals surface area contributed by atoms with Crippen molar-refractivity contribution in [1.29, 1.82) is 0 Å². The van der Waals surface area contributed by atoms with Crippen molar-refractivity contribution in [2.45, 2.75) is 13.0 Å². The minimum atomic E-state index is -0.358. The van der Waals surface area contributed by atoms with Crippen molar-refractivity contribution in [3.63, 3.8) is 0 Å². The molecule has 0 amide bonds. The number of aliphatic hydroxyl groups excluding tert-OH is 1. The molecule has 0 unspecified atom stereocenters. The van der Waals surface area contributed by atoms with Crippen LogP contribution >= 0.6 is 0 Å². The highest BCUT2D eigenvalue weighted by Gasteiger charge is 2.15. The van der Waals surface area contributed by atoms with Gasteiger partial charge in [-0.05, 0) is 31.6 Å². The number of carbonyl (C=O) groups is 1. The molecule has 0 aromatic carbocycles. The Morgan fingerprint density at radius 2 is 2.05 bits per heavy atom. The fourth-order valence-electron chi connectivity index (χ4n) is 2.53. The minimum Gasteiger partial charge on any atom is -0.465 e. The van der Waals surface area contributed by atoms with Gasteiger partial charge in [-0.3, -0.25) is 14.8 Å². The molecule has 1 N–H and O–H groups in total. The Bertz CT molecular complexity index is 450. The number of rotatable bonds is 5. The second-order valence-corrected chi connectivity index (χ2v) is 5.22. The van der Waals surface area contributed by atoms with E-state index in [0.29, 0.717) is 5.56 Å². The highest BCUT2D eigenvalue weighted by atomic mass is 16.5.